The van der Waals surface area contributed by atoms with Gasteiger partial charge >= 0.3 is 5.97 Å². The van der Waals surface area contributed by atoms with Crippen LogP contribution in [0.15, 0.2) is 42.5 Å². The Morgan fingerprint density at radius 1 is 1.07 bits per heavy atom. The highest BCUT2D eigenvalue weighted by Gasteiger charge is 2.14. The standard InChI is InChI=1S/C18H12N4O6/c19-8-12-1-4-15(5-2-12)27-11-18(24)28-10-17(23)21-16-6-3-14(22(25)26)7-13(16)9-20/h1-7H,10-11H2,(H,21,23). The van der Waals surface area contributed by atoms with Crippen LogP contribution >= 0.6 is 0 Å². The molecule has 0 spiro atoms. The highest BCUT2D eigenvalue weighted by atomic mass is 16.6. The number of benzene rings is 2. The number of carbonyl (C=O) groups excluding carboxylic acids is 2. The van der Waals surface area contributed by atoms with Crippen LogP contribution in [0.25, 0.3) is 0 Å². The van der Waals surface area contributed by atoms with Gasteiger partial charge in [0.2, 0.25) is 0 Å². The number of nitrogens with one attached hydrogen (secondary N) is 1. The topological polar surface area (TPSA) is 155 Å². The number of ether oxygens (including phenoxy) is 2. The van der Waals surface area contributed by atoms with Gasteiger partial charge in [-0.05, 0) is 30.3 Å². The molecular formula is C18H12N4O6. The Hall–Kier alpha value is -4.44. The van der Waals surface area contributed by atoms with E-state index >= 15 is 0 Å². The van der Waals surface area contributed by atoms with Gasteiger partial charge in [-0.3, -0.25) is 14.9 Å². The SMILES string of the molecule is N#Cc1ccc(OCC(=O)OCC(=O)Nc2ccc([N+](=O)[O-])cc2C#N)cc1. The summed E-state index contributed by atoms with van der Waals surface area (Å²) in [7, 11) is 0. The number of carbonyl (C=O) groups is 2. The quantitative estimate of drug-likeness (QED) is 0.434. The van der Waals surface area contributed by atoms with Gasteiger partial charge < -0.3 is 14.8 Å². The van der Waals surface area contributed by atoms with Crippen LogP contribution < -0.4 is 10.1 Å². The summed E-state index contributed by atoms with van der Waals surface area (Å²) in [5.41, 5.74) is 0.108. The summed E-state index contributed by atoms with van der Waals surface area (Å²) in [6, 6.07) is 13.1. The van der Waals surface area contributed by atoms with Gasteiger partial charge in [-0.1, -0.05) is 0 Å². The van der Waals surface area contributed by atoms with Crippen LogP contribution in [-0.2, 0) is 14.3 Å². The highest BCUT2D eigenvalue weighted by Crippen LogP contribution is 2.21. The number of nitro groups is 1. The molecular weight excluding hydrogens is 368 g/mol. The summed E-state index contributed by atoms with van der Waals surface area (Å²) in [6.07, 6.45) is 0. The van der Waals surface area contributed by atoms with Crippen molar-refractivity contribution in [1.82, 2.24) is 0 Å². The zero-order valence-electron chi connectivity index (χ0n) is 14.2. The van der Waals surface area contributed by atoms with Crippen LogP contribution in [0.3, 0.4) is 0 Å². The Kier molecular flexibility index (Phi) is 6.61. The van der Waals surface area contributed by atoms with Crippen molar-refractivity contribution in [2.24, 2.45) is 0 Å². The molecule has 0 aromatic heterocycles. The van der Waals surface area contributed by atoms with E-state index in [-0.39, 0.29) is 16.9 Å². The second kappa shape index (κ2) is 9.31. The number of hydrogen-bond acceptors (Lipinski definition) is 8. The first-order valence-corrected chi connectivity index (χ1v) is 7.70. The smallest absolute Gasteiger partial charge is 0.344 e. The lowest BCUT2D eigenvalue weighted by atomic mass is 10.1. The summed E-state index contributed by atoms with van der Waals surface area (Å²) < 4.78 is 9.93. The second-order valence-corrected chi connectivity index (χ2v) is 5.23. The lowest BCUT2D eigenvalue weighted by Crippen LogP contribution is -2.24. The Balaban J connectivity index is 1.83. The number of amides is 1. The molecule has 0 heterocycles. The summed E-state index contributed by atoms with van der Waals surface area (Å²) in [5, 5.41) is 30.8. The van der Waals surface area contributed by atoms with Crippen molar-refractivity contribution in [3.05, 3.63) is 63.7 Å². The molecule has 0 fully saturated rings. The number of rotatable bonds is 7. The second-order valence-electron chi connectivity index (χ2n) is 5.23. The van der Waals surface area contributed by atoms with Crippen LogP contribution in [0.2, 0.25) is 0 Å². The van der Waals surface area contributed by atoms with Crippen molar-refractivity contribution >= 4 is 23.3 Å². The van der Waals surface area contributed by atoms with Gasteiger partial charge in [0.25, 0.3) is 11.6 Å². The number of nitriles is 2. The van der Waals surface area contributed by atoms with Gasteiger partial charge in [0, 0.05) is 12.1 Å². The number of esters is 1. The molecule has 0 radical (unpaired) electrons. The molecule has 0 atom stereocenters. The van der Waals surface area contributed by atoms with Crippen molar-refractivity contribution < 1.29 is 24.0 Å². The predicted molar refractivity (Wildman–Crippen MR) is 94.1 cm³/mol. The number of anilines is 1. The van der Waals surface area contributed by atoms with Gasteiger partial charge in [0.05, 0.1) is 27.8 Å². The molecule has 1 N–H and O–H groups in total. The molecule has 0 bridgehead atoms. The number of nitrogens with zero attached hydrogens (tertiary/aromatic N) is 3. The predicted octanol–water partition coefficient (Wildman–Crippen LogP) is 1.90. The monoisotopic (exact) mass is 380 g/mol. The van der Waals surface area contributed by atoms with Crippen molar-refractivity contribution in [2.45, 2.75) is 0 Å². The minimum Gasteiger partial charge on any atom is -0.482 e. The van der Waals surface area contributed by atoms with Gasteiger partial charge in [0.1, 0.15) is 11.8 Å². The molecule has 0 aliphatic rings. The molecule has 28 heavy (non-hydrogen) atoms. The highest BCUT2D eigenvalue weighted by molar-refractivity contribution is 5.94. The molecule has 0 saturated carbocycles. The van der Waals surface area contributed by atoms with E-state index in [4.69, 9.17) is 20.0 Å². The molecule has 2 rings (SSSR count). The fraction of sp³-hybridized carbons (Fsp3) is 0.111. The number of hydrogen-bond donors (Lipinski definition) is 1. The average Bonchev–Trinajstić information content (AvgIpc) is 2.71. The molecule has 1 amide bonds. The van der Waals surface area contributed by atoms with Crippen LogP contribution in [-0.4, -0.2) is 30.0 Å². The van der Waals surface area contributed by atoms with Crippen LogP contribution in [0.1, 0.15) is 11.1 Å². The maximum absolute atomic E-state index is 11.8. The first kappa shape index (κ1) is 19.9. The zero-order valence-corrected chi connectivity index (χ0v) is 14.2. The van der Waals surface area contributed by atoms with Crippen LogP contribution in [0, 0.1) is 32.8 Å². The third-order valence-electron chi connectivity index (χ3n) is 3.31. The molecule has 2 aromatic carbocycles. The lowest BCUT2D eigenvalue weighted by molar-refractivity contribution is -0.384. The van der Waals surface area contributed by atoms with E-state index in [0.717, 1.165) is 12.1 Å². The first-order chi connectivity index (χ1) is 13.4. The summed E-state index contributed by atoms with van der Waals surface area (Å²) >= 11 is 0. The van der Waals surface area contributed by atoms with E-state index in [1.54, 1.807) is 6.07 Å². The van der Waals surface area contributed by atoms with E-state index in [9.17, 15) is 19.7 Å². The normalized spacial score (nSPS) is 9.50. The largest absolute Gasteiger partial charge is 0.482 e. The molecule has 0 aliphatic carbocycles. The molecule has 10 heteroatoms. The van der Waals surface area contributed by atoms with Gasteiger partial charge in [-0.2, -0.15) is 10.5 Å². The Labute approximate surface area is 158 Å². The maximum atomic E-state index is 11.8. The lowest BCUT2D eigenvalue weighted by Gasteiger charge is -2.09. The van der Waals surface area contributed by atoms with Crippen LogP contribution in [0.4, 0.5) is 11.4 Å². The average molecular weight is 380 g/mol. The molecule has 10 nitrogen and oxygen atoms in total. The molecule has 0 unspecified atom stereocenters. The Bertz CT molecular complexity index is 989. The van der Waals surface area contributed by atoms with Crippen molar-refractivity contribution in [3.8, 4) is 17.9 Å². The zero-order chi connectivity index (χ0) is 20.5. The van der Waals surface area contributed by atoms with Gasteiger partial charge in [-0.15, -0.1) is 0 Å². The molecule has 0 aliphatic heterocycles. The Morgan fingerprint density at radius 2 is 1.79 bits per heavy atom. The summed E-state index contributed by atoms with van der Waals surface area (Å²) in [4.78, 5) is 33.5. The fourth-order valence-electron chi connectivity index (χ4n) is 1.99. The Morgan fingerprint density at radius 3 is 2.39 bits per heavy atom. The summed E-state index contributed by atoms with van der Waals surface area (Å²) in [5.74, 6) is -1.18. The van der Waals surface area contributed by atoms with E-state index < -0.39 is 30.0 Å². The number of nitro benzene ring substituents is 1. The van der Waals surface area contributed by atoms with E-state index in [1.165, 1.54) is 30.3 Å². The first-order valence-electron chi connectivity index (χ1n) is 7.70. The van der Waals surface area contributed by atoms with Crippen molar-refractivity contribution in [3.63, 3.8) is 0 Å². The minimum absolute atomic E-state index is 0.0583. The summed E-state index contributed by atoms with van der Waals surface area (Å²) in [6.45, 7) is -1.07. The molecule has 0 saturated heterocycles. The van der Waals surface area contributed by atoms with Gasteiger partial charge in [0.15, 0.2) is 13.2 Å². The third kappa shape index (κ3) is 5.54. The number of non-ortho nitro benzene ring substituents is 1. The van der Waals surface area contributed by atoms with E-state index in [1.807, 2.05) is 6.07 Å². The molecule has 2 aromatic rings. The fourth-order valence-corrected chi connectivity index (χ4v) is 1.99. The van der Waals surface area contributed by atoms with Gasteiger partial charge in [-0.25, -0.2) is 4.79 Å². The van der Waals surface area contributed by atoms with Crippen molar-refractivity contribution in [2.75, 3.05) is 18.5 Å². The minimum atomic E-state index is -0.802. The molecule has 140 valence electrons. The van der Waals surface area contributed by atoms with Crippen LogP contribution in [0.5, 0.6) is 5.75 Å². The maximum Gasteiger partial charge on any atom is 0.344 e. The van der Waals surface area contributed by atoms with E-state index in [2.05, 4.69) is 5.32 Å². The van der Waals surface area contributed by atoms with Crippen molar-refractivity contribution in [1.29, 1.82) is 10.5 Å². The van der Waals surface area contributed by atoms with E-state index in [0.29, 0.717) is 11.3 Å². The third-order valence-corrected chi connectivity index (χ3v) is 3.31.